The lowest BCUT2D eigenvalue weighted by molar-refractivity contribution is 0.151. The molecule has 0 bridgehead atoms. The summed E-state index contributed by atoms with van der Waals surface area (Å²) in [4.78, 5) is 2.63. The second-order valence-electron chi connectivity index (χ2n) is 6.51. The molecule has 2 aliphatic rings. The summed E-state index contributed by atoms with van der Waals surface area (Å²) in [6.45, 7) is 4.93. The minimum Gasteiger partial charge on any atom is -0.314 e. The Morgan fingerprint density at radius 1 is 0.950 bits per heavy atom. The standard InChI is InChI=1S/C18H28N2/c1-3-7-16(8-4-1)15-20-13-10-17(11-14-20)18-9-5-2-6-12-19-18/h1,3-4,7-8,17-19H,2,5-6,9-15H2/t18-/m1/s1. The third-order valence-corrected chi connectivity index (χ3v) is 5.05. The molecule has 0 amide bonds. The Morgan fingerprint density at radius 3 is 2.55 bits per heavy atom. The summed E-state index contributed by atoms with van der Waals surface area (Å²) in [7, 11) is 0. The lowest BCUT2D eigenvalue weighted by Gasteiger charge is -2.36. The van der Waals surface area contributed by atoms with Crippen molar-refractivity contribution in [1.29, 1.82) is 0 Å². The van der Waals surface area contributed by atoms with Crippen LogP contribution < -0.4 is 5.32 Å². The summed E-state index contributed by atoms with van der Waals surface area (Å²) in [5.41, 5.74) is 1.46. The van der Waals surface area contributed by atoms with Gasteiger partial charge in [0.1, 0.15) is 0 Å². The van der Waals surface area contributed by atoms with Crippen molar-refractivity contribution < 1.29 is 0 Å². The summed E-state index contributed by atoms with van der Waals surface area (Å²) in [5, 5.41) is 3.80. The van der Waals surface area contributed by atoms with Crippen LogP contribution in [0, 0.1) is 5.92 Å². The molecule has 0 aromatic heterocycles. The van der Waals surface area contributed by atoms with Gasteiger partial charge in [-0.15, -0.1) is 0 Å². The first-order valence-electron chi connectivity index (χ1n) is 8.41. The second-order valence-corrected chi connectivity index (χ2v) is 6.51. The third-order valence-electron chi connectivity index (χ3n) is 5.05. The van der Waals surface area contributed by atoms with E-state index in [-0.39, 0.29) is 0 Å². The van der Waals surface area contributed by atoms with E-state index in [2.05, 4.69) is 40.5 Å². The van der Waals surface area contributed by atoms with E-state index in [0.717, 1.165) is 18.5 Å². The highest BCUT2D eigenvalue weighted by Gasteiger charge is 2.26. The van der Waals surface area contributed by atoms with E-state index in [1.807, 2.05) is 0 Å². The first-order chi connectivity index (χ1) is 9.92. The number of hydrogen-bond donors (Lipinski definition) is 1. The molecule has 0 aliphatic carbocycles. The second kappa shape index (κ2) is 7.24. The molecule has 0 spiro atoms. The molecule has 0 unspecified atom stereocenters. The Morgan fingerprint density at radius 2 is 1.75 bits per heavy atom. The Bertz CT molecular complexity index is 374. The van der Waals surface area contributed by atoms with E-state index in [0.29, 0.717) is 0 Å². The molecule has 3 rings (SSSR count). The Balaban J connectivity index is 1.46. The molecule has 1 aromatic rings. The van der Waals surface area contributed by atoms with E-state index < -0.39 is 0 Å². The maximum Gasteiger partial charge on any atom is 0.0233 e. The van der Waals surface area contributed by atoms with E-state index in [1.165, 1.54) is 63.7 Å². The Labute approximate surface area is 123 Å². The minimum absolute atomic E-state index is 0.802. The van der Waals surface area contributed by atoms with Crippen LogP contribution in [-0.4, -0.2) is 30.6 Å². The lowest BCUT2D eigenvalue weighted by Crippen LogP contribution is -2.42. The van der Waals surface area contributed by atoms with Crippen molar-refractivity contribution in [3.8, 4) is 0 Å². The van der Waals surface area contributed by atoms with Crippen molar-refractivity contribution in [2.75, 3.05) is 19.6 Å². The van der Waals surface area contributed by atoms with Crippen molar-refractivity contribution in [3.05, 3.63) is 35.9 Å². The average molecular weight is 272 g/mol. The highest BCUT2D eigenvalue weighted by atomic mass is 15.1. The molecule has 2 heteroatoms. The zero-order chi connectivity index (χ0) is 13.6. The predicted molar refractivity (Wildman–Crippen MR) is 84.7 cm³/mol. The topological polar surface area (TPSA) is 15.3 Å². The van der Waals surface area contributed by atoms with Crippen LogP contribution in [0.25, 0.3) is 0 Å². The molecule has 2 heterocycles. The van der Waals surface area contributed by atoms with Gasteiger partial charge in [-0.1, -0.05) is 43.2 Å². The summed E-state index contributed by atoms with van der Waals surface area (Å²) in [6.07, 6.45) is 8.40. The van der Waals surface area contributed by atoms with Gasteiger partial charge < -0.3 is 5.32 Å². The molecule has 2 aliphatic heterocycles. The Kier molecular flexibility index (Phi) is 5.10. The molecule has 1 N–H and O–H groups in total. The number of nitrogens with one attached hydrogen (secondary N) is 1. The largest absolute Gasteiger partial charge is 0.314 e. The smallest absolute Gasteiger partial charge is 0.0233 e. The molecule has 20 heavy (non-hydrogen) atoms. The van der Waals surface area contributed by atoms with Gasteiger partial charge in [0.05, 0.1) is 0 Å². The SMILES string of the molecule is c1ccc(CN2CCC([C@H]3CCCCCN3)CC2)cc1. The fourth-order valence-electron chi connectivity index (χ4n) is 3.81. The fraction of sp³-hybridized carbons (Fsp3) is 0.667. The van der Waals surface area contributed by atoms with Crippen LogP contribution in [0.1, 0.15) is 44.1 Å². The molecule has 2 fully saturated rings. The van der Waals surface area contributed by atoms with Crippen LogP contribution in [0.15, 0.2) is 30.3 Å². The average Bonchev–Trinajstić information content (AvgIpc) is 2.78. The quantitative estimate of drug-likeness (QED) is 0.907. The molecule has 1 atom stereocenters. The van der Waals surface area contributed by atoms with E-state index in [1.54, 1.807) is 0 Å². The number of rotatable bonds is 3. The van der Waals surface area contributed by atoms with Gasteiger partial charge in [-0.3, -0.25) is 4.90 Å². The van der Waals surface area contributed by atoms with Crippen molar-refractivity contribution >= 4 is 0 Å². The number of benzene rings is 1. The summed E-state index contributed by atoms with van der Waals surface area (Å²) >= 11 is 0. The van der Waals surface area contributed by atoms with Crippen molar-refractivity contribution in [1.82, 2.24) is 10.2 Å². The molecule has 2 saturated heterocycles. The van der Waals surface area contributed by atoms with Gasteiger partial charge in [0.25, 0.3) is 0 Å². The summed E-state index contributed by atoms with van der Waals surface area (Å²) < 4.78 is 0. The van der Waals surface area contributed by atoms with Crippen molar-refractivity contribution in [2.45, 2.75) is 51.1 Å². The molecule has 0 saturated carbocycles. The maximum atomic E-state index is 3.80. The maximum absolute atomic E-state index is 3.80. The van der Waals surface area contributed by atoms with E-state index >= 15 is 0 Å². The minimum atomic E-state index is 0.802. The zero-order valence-corrected chi connectivity index (χ0v) is 12.6. The van der Waals surface area contributed by atoms with Gasteiger partial charge in [0.2, 0.25) is 0 Å². The van der Waals surface area contributed by atoms with Gasteiger partial charge in [-0.2, -0.15) is 0 Å². The zero-order valence-electron chi connectivity index (χ0n) is 12.6. The number of nitrogens with zero attached hydrogens (tertiary/aromatic N) is 1. The Hall–Kier alpha value is -0.860. The third kappa shape index (κ3) is 3.83. The van der Waals surface area contributed by atoms with Crippen LogP contribution >= 0.6 is 0 Å². The van der Waals surface area contributed by atoms with Crippen molar-refractivity contribution in [2.24, 2.45) is 5.92 Å². The van der Waals surface area contributed by atoms with Gasteiger partial charge >= 0.3 is 0 Å². The van der Waals surface area contributed by atoms with Crippen LogP contribution in [0.4, 0.5) is 0 Å². The predicted octanol–water partition coefficient (Wildman–Crippen LogP) is 3.43. The van der Waals surface area contributed by atoms with Gasteiger partial charge in [0.15, 0.2) is 0 Å². The normalized spacial score (nSPS) is 26.3. The van der Waals surface area contributed by atoms with Crippen LogP contribution in [0.5, 0.6) is 0 Å². The monoisotopic (exact) mass is 272 g/mol. The number of likely N-dealkylation sites (tertiary alicyclic amines) is 1. The first kappa shape index (κ1) is 14.1. The van der Waals surface area contributed by atoms with Gasteiger partial charge in [0, 0.05) is 12.6 Å². The fourth-order valence-corrected chi connectivity index (χ4v) is 3.81. The summed E-state index contributed by atoms with van der Waals surface area (Å²) in [5.74, 6) is 0.917. The van der Waals surface area contributed by atoms with Crippen LogP contribution in [0.2, 0.25) is 0 Å². The lowest BCUT2D eigenvalue weighted by atomic mass is 9.87. The molecule has 2 nitrogen and oxygen atoms in total. The number of piperidine rings is 1. The van der Waals surface area contributed by atoms with Crippen LogP contribution in [-0.2, 0) is 6.54 Å². The molecule has 0 radical (unpaired) electrons. The first-order valence-corrected chi connectivity index (χ1v) is 8.41. The highest BCUT2D eigenvalue weighted by Crippen LogP contribution is 2.26. The summed E-state index contributed by atoms with van der Waals surface area (Å²) in [6, 6.07) is 11.7. The molecule has 1 aromatic carbocycles. The number of hydrogen-bond acceptors (Lipinski definition) is 2. The van der Waals surface area contributed by atoms with Gasteiger partial charge in [-0.05, 0) is 56.8 Å². The molecular weight excluding hydrogens is 244 g/mol. The molecule has 110 valence electrons. The van der Waals surface area contributed by atoms with E-state index in [9.17, 15) is 0 Å². The highest BCUT2D eigenvalue weighted by molar-refractivity contribution is 5.14. The van der Waals surface area contributed by atoms with Crippen LogP contribution in [0.3, 0.4) is 0 Å². The van der Waals surface area contributed by atoms with Gasteiger partial charge in [-0.25, -0.2) is 0 Å². The molecular formula is C18H28N2. The van der Waals surface area contributed by atoms with E-state index in [4.69, 9.17) is 0 Å². The van der Waals surface area contributed by atoms with Crippen molar-refractivity contribution in [3.63, 3.8) is 0 Å².